The maximum absolute atomic E-state index is 10.9. The van der Waals surface area contributed by atoms with Crippen molar-refractivity contribution in [1.29, 1.82) is 0 Å². The highest BCUT2D eigenvalue weighted by Crippen LogP contribution is 2.32. The van der Waals surface area contributed by atoms with Crippen LogP contribution in [0.2, 0.25) is 0 Å². The quantitative estimate of drug-likeness (QED) is 0.289. The van der Waals surface area contributed by atoms with Crippen LogP contribution in [0.15, 0.2) is 0 Å². The second-order valence-electron chi connectivity index (χ2n) is 3.52. The summed E-state index contributed by atoms with van der Waals surface area (Å²) in [7, 11) is -4.34. The molecular formula is C8H18NO7P. The Balaban J connectivity index is 4.59. The zero-order valence-electron chi connectivity index (χ0n) is 9.61. The Morgan fingerprint density at radius 2 is 2.00 bits per heavy atom. The first-order chi connectivity index (χ1) is 7.67. The summed E-state index contributed by atoms with van der Waals surface area (Å²) in [5, 5.41) is 20.1. The number of hydrogen-bond donors (Lipinski definition) is 5. The molecule has 0 aromatic rings. The molecule has 0 aliphatic heterocycles. The third-order valence-corrected chi connectivity index (χ3v) is 2.52. The normalized spacial score (nSPS) is 17.5. The predicted octanol–water partition coefficient (Wildman–Crippen LogP) is -0.702. The van der Waals surface area contributed by atoms with Crippen molar-refractivity contribution >= 4 is 13.6 Å². The van der Waals surface area contributed by atoms with E-state index in [-0.39, 0.29) is 6.42 Å². The van der Waals surface area contributed by atoms with E-state index in [1.807, 2.05) is 0 Å². The molecule has 0 heterocycles. The Bertz CT molecular complexity index is 290. The van der Waals surface area contributed by atoms with Gasteiger partial charge < -0.3 is 24.7 Å². The first-order valence-electron chi connectivity index (χ1n) is 5.01. The molecule has 0 aliphatic rings. The first-order valence-corrected chi connectivity index (χ1v) is 6.81. The summed E-state index contributed by atoms with van der Waals surface area (Å²) in [5.41, 5.74) is 0. The fraction of sp³-hybridized carbons (Fsp3) is 0.875. The summed E-state index contributed by atoms with van der Waals surface area (Å²) in [6.07, 6.45) is -2.52. The Hall–Kier alpha value is -0.500. The summed E-state index contributed by atoms with van der Waals surface area (Å²) in [4.78, 5) is 28.2. The predicted molar refractivity (Wildman–Crippen MR) is 58.3 cm³/mol. The fourth-order valence-corrected chi connectivity index (χ4v) is 1.69. The van der Waals surface area contributed by atoms with Crippen LogP contribution in [-0.2, 0) is 14.1 Å². The molecule has 0 fully saturated rings. The number of aliphatic hydroxyl groups excluding tert-OH is 1. The van der Waals surface area contributed by atoms with Gasteiger partial charge in [-0.15, -0.1) is 0 Å². The van der Waals surface area contributed by atoms with E-state index >= 15 is 0 Å². The number of carboxylic acids is 1. The lowest BCUT2D eigenvalue weighted by Gasteiger charge is -2.25. The van der Waals surface area contributed by atoms with Crippen molar-refractivity contribution in [3.05, 3.63) is 0 Å². The molecule has 0 rings (SSSR count). The average molecular weight is 271 g/mol. The highest BCUT2D eigenvalue weighted by atomic mass is 31.2. The number of aliphatic hydroxyl groups is 1. The summed E-state index contributed by atoms with van der Waals surface area (Å²) in [6, 6.07) is -1.29. The lowest BCUT2D eigenvalue weighted by Crippen LogP contribution is -2.48. The SMILES string of the molecule is CCC(OC(C)O)C(NCP(=O)(O)O)C(=O)O. The van der Waals surface area contributed by atoms with Crippen molar-refractivity contribution in [3.63, 3.8) is 0 Å². The van der Waals surface area contributed by atoms with Gasteiger partial charge in [0.05, 0.1) is 12.4 Å². The molecule has 0 aliphatic carbocycles. The molecule has 0 radical (unpaired) electrons. The Morgan fingerprint density at radius 3 is 2.29 bits per heavy atom. The molecule has 9 heteroatoms. The summed E-state index contributed by atoms with van der Waals surface area (Å²) < 4.78 is 15.6. The number of hydrogen-bond acceptors (Lipinski definition) is 5. The first kappa shape index (κ1) is 16.5. The van der Waals surface area contributed by atoms with Gasteiger partial charge in [-0.25, -0.2) is 0 Å². The molecule has 102 valence electrons. The molecule has 0 saturated heterocycles. The van der Waals surface area contributed by atoms with Gasteiger partial charge >= 0.3 is 13.6 Å². The van der Waals surface area contributed by atoms with Crippen molar-refractivity contribution < 1.29 is 34.1 Å². The third kappa shape index (κ3) is 7.43. The molecule has 0 aromatic heterocycles. The van der Waals surface area contributed by atoms with E-state index in [1.165, 1.54) is 6.92 Å². The van der Waals surface area contributed by atoms with Gasteiger partial charge in [0.2, 0.25) is 0 Å². The van der Waals surface area contributed by atoms with Crippen molar-refractivity contribution in [1.82, 2.24) is 5.32 Å². The lowest BCUT2D eigenvalue weighted by atomic mass is 10.1. The minimum absolute atomic E-state index is 0.274. The van der Waals surface area contributed by atoms with E-state index in [9.17, 15) is 9.36 Å². The van der Waals surface area contributed by atoms with Crippen molar-refractivity contribution in [3.8, 4) is 0 Å². The fourth-order valence-electron chi connectivity index (χ4n) is 1.26. The number of ether oxygens (including phenoxy) is 1. The molecule has 0 aromatic carbocycles. The lowest BCUT2D eigenvalue weighted by molar-refractivity contribution is -0.158. The number of rotatable bonds is 8. The van der Waals surface area contributed by atoms with Crippen LogP contribution in [0.25, 0.3) is 0 Å². The number of aliphatic carboxylic acids is 1. The standard InChI is InChI=1S/C8H18NO7P/c1-3-6(16-5(2)10)7(8(11)12)9-4-17(13,14)15/h5-7,9-10H,3-4H2,1-2H3,(H,11,12)(H2,13,14,15). The molecular weight excluding hydrogens is 253 g/mol. The average Bonchev–Trinajstić information content (AvgIpc) is 2.13. The van der Waals surface area contributed by atoms with Crippen LogP contribution < -0.4 is 5.32 Å². The molecule has 0 spiro atoms. The second-order valence-corrected chi connectivity index (χ2v) is 5.17. The van der Waals surface area contributed by atoms with Gasteiger partial charge in [-0.3, -0.25) is 14.7 Å². The van der Waals surface area contributed by atoms with Gasteiger partial charge in [0.15, 0.2) is 6.29 Å². The Kier molecular flexibility index (Phi) is 6.84. The van der Waals surface area contributed by atoms with Gasteiger partial charge in [-0.1, -0.05) is 6.92 Å². The minimum Gasteiger partial charge on any atom is -0.480 e. The van der Waals surface area contributed by atoms with Gasteiger partial charge in [-0.2, -0.15) is 0 Å². The molecule has 0 amide bonds. The summed E-state index contributed by atoms with van der Waals surface area (Å²) >= 11 is 0. The van der Waals surface area contributed by atoms with Crippen LogP contribution >= 0.6 is 7.60 Å². The maximum atomic E-state index is 10.9. The topological polar surface area (TPSA) is 136 Å². The van der Waals surface area contributed by atoms with Crippen LogP contribution in [-0.4, -0.2) is 50.7 Å². The van der Waals surface area contributed by atoms with Crippen LogP contribution in [0.4, 0.5) is 0 Å². The number of carbonyl (C=O) groups is 1. The van der Waals surface area contributed by atoms with E-state index < -0.39 is 38.3 Å². The van der Waals surface area contributed by atoms with Crippen LogP contribution in [0.1, 0.15) is 20.3 Å². The highest BCUT2D eigenvalue weighted by molar-refractivity contribution is 7.51. The van der Waals surface area contributed by atoms with Gasteiger partial charge in [0, 0.05) is 0 Å². The van der Waals surface area contributed by atoms with Crippen molar-refractivity contribution in [2.45, 2.75) is 38.7 Å². The molecule has 0 bridgehead atoms. The van der Waals surface area contributed by atoms with E-state index in [2.05, 4.69) is 5.32 Å². The second kappa shape index (κ2) is 7.05. The number of nitrogens with one attached hydrogen (secondary N) is 1. The number of carboxylic acid groups (broad SMARTS) is 1. The largest absolute Gasteiger partial charge is 0.480 e. The van der Waals surface area contributed by atoms with Crippen molar-refractivity contribution in [2.75, 3.05) is 6.29 Å². The molecule has 5 N–H and O–H groups in total. The Morgan fingerprint density at radius 1 is 1.47 bits per heavy atom. The van der Waals surface area contributed by atoms with E-state index in [0.717, 1.165) is 0 Å². The van der Waals surface area contributed by atoms with Gasteiger partial charge in [0.25, 0.3) is 0 Å². The maximum Gasteiger partial charge on any atom is 0.339 e. The minimum atomic E-state index is -4.34. The van der Waals surface area contributed by atoms with E-state index in [0.29, 0.717) is 0 Å². The van der Waals surface area contributed by atoms with Crippen LogP contribution in [0.5, 0.6) is 0 Å². The summed E-state index contributed by atoms with van der Waals surface area (Å²) in [5.74, 6) is -1.30. The monoisotopic (exact) mass is 271 g/mol. The zero-order chi connectivity index (χ0) is 13.6. The molecule has 17 heavy (non-hydrogen) atoms. The van der Waals surface area contributed by atoms with Gasteiger partial charge in [-0.05, 0) is 13.3 Å². The van der Waals surface area contributed by atoms with Crippen molar-refractivity contribution in [2.24, 2.45) is 0 Å². The van der Waals surface area contributed by atoms with E-state index in [4.69, 9.17) is 24.7 Å². The van der Waals surface area contributed by atoms with Crippen LogP contribution in [0.3, 0.4) is 0 Å². The van der Waals surface area contributed by atoms with Gasteiger partial charge in [0.1, 0.15) is 6.04 Å². The van der Waals surface area contributed by atoms with E-state index in [1.54, 1.807) is 6.92 Å². The molecule has 0 saturated carbocycles. The molecule has 3 unspecified atom stereocenters. The molecule has 3 atom stereocenters. The Labute approximate surface area is 98.8 Å². The zero-order valence-corrected chi connectivity index (χ0v) is 10.5. The van der Waals surface area contributed by atoms with Crippen LogP contribution in [0, 0.1) is 0 Å². The summed E-state index contributed by atoms with van der Waals surface area (Å²) in [6.45, 7) is 2.96. The smallest absolute Gasteiger partial charge is 0.339 e. The third-order valence-electron chi connectivity index (χ3n) is 1.93. The molecule has 8 nitrogen and oxygen atoms in total. The highest BCUT2D eigenvalue weighted by Gasteiger charge is 2.30.